The predicted octanol–water partition coefficient (Wildman–Crippen LogP) is 0.329. The van der Waals surface area contributed by atoms with Crippen molar-refractivity contribution in [3.8, 4) is 0 Å². The van der Waals surface area contributed by atoms with Gasteiger partial charge in [-0.3, -0.25) is 0 Å². The molecule has 1 atom stereocenters. The van der Waals surface area contributed by atoms with Crippen LogP contribution in [0.2, 0.25) is 0 Å². The highest BCUT2D eigenvalue weighted by atomic mass is 15.0. The maximum atomic E-state index is 3.31. The van der Waals surface area contributed by atoms with Crippen LogP contribution in [0.5, 0.6) is 0 Å². The van der Waals surface area contributed by atoms with E-state index < -0.39 is 0 Å². The van der Waals surface area contributed by atoms with Gasteiger partial charge in [-0.25, -0.2) is 0 Å². The van der Waals surface area contributed by atoms with Crippen molar-refractivity contribution < 1.29 is 0 Å². The van der Waals surface area contributed by atoms with Crippen LogP contribution in [-0.4, -0.2) is 20.1 Å². The van der Waals surface area contributed by atoms with Crippen LogP contribution in [0.1, 0.15) is 6.92 Å². The third-order valence-corrected chi connectivity index (χ3v) is 1.50. The molecule has 9 heavy (non-hydrogen) atoms. The lowest BCUT2D eigenvalue weighted by atomic mass is 10.2. The van der Waals surface area contributed by atoms with Gasteiger partial charge < -0.3 is 10.6 Å². The molecule has 1 unspecified atom stereocenters. The Hall–Kier alpha value is -0.500. The van der Waals surface area contributed by atoms with E-state index in [4.69, 9.17) is 0 Å². The summed E-state index contributed by atoms with van der Waals surface area (Å²) in [5, 5.41) is 6.41. The first-order valence-electron chi connectivity index (χ1n) is 3.42. The summed E-state index contributed by atoms with van der Waals surface area (Å²) in [5.74, 6) is 0.716. The summed E-state index contributed by atoms with van der Waals surface area (Å²) < 4.78 is 0. The first-order valence-corrected chi connectivity index (χ1v) is 3.42. The highest BCUT2D eigenvalue weighted by molar-refractivity contribution is 5.09. The van der Waals surface area contributed by atoms with Gasteiger partial charge in [-0.1, -0.05) is 13.0 Å². The summed E-state index contributed by atoms with van der Waals surface area (Å²) in [6.45, 7) is 4.30. The van der Waals surface area contributed by atoms with Crippen molar-refractivity contribution in [2.45, 2.75) is 6.92 Å². The zero-order valence-electron chi connectivity index (χ0n) is 6.07. The normalized spacial score (nSPS) is 25.6. The lowest BCUT2D eigenvalue weighted by molar-refractivity contribution is 0.702. The molecule has 2 N–H and O–H groups in total. The number of likely N-dealkylation sites (N-methyl/N-ethyl adjacent to an activating group) is 1. The minimum Gasteiger partial charge on any atom is -0.387 e. The van der Waals surface area contributed by atoms with Crippen LogP contribution in [0, 0.1) is 5.92 Å². The SMILES string of the molecule is CNCC1=CC(C)CN1. The zero-order valence-corrected chi connectivity index (χ0v) is 6.07. The molecule has 1 aliphatic rings. The van der Waals surface area contributed by atoms with E-state index in [2.05, 4.69) is 23.6 Å². The Morgan fingerprint density at radius 1 is 1.89 bits per heavy atom. The Balaban J connectivity index is 2.33. The fourth-order valence-electron chi connectivity index (χ4n) is 1.07. The van der Waals surface area contributed by atoms with Gasteiger partial charge in [0, 0.05) is 18.8 Å². The molecule has 0 saturated carbocycles. The average molecular weight is 126 g/mol. The summed E-state index contributed by atoms with van der Waals surface area (Å²) in [6.07, 6.45) is 2.27. The molecule has 0 fully saturated rings. The third-order valence-electron chi connectivity index (χ3n) is 1.50. The fraction of sp³-hybridized carbons (Fsp3) is 0.714. The van der Waals surface area contributed by atoms with Crippen LogP contribution in [0.4, 0.5) is 0 Å². The lowest BCUT2D eigenvalue weighted by Crippen LogP contribution is -2.19. The molecule has 52 valence electrons. The number of hydrogen-bond donors (Lipinski definition) is 2. The molecule has 1 rings (SSSR count). The second-order valence-corrected chi connectivity index (χ2v) is 2.58. The minimum absolute atomic E-state index is 0.716. The van der Waals surface area contributed by atoms with Gasteiger partial charge in [-0.15, -0.1) is 0 Å². The van der Waals surface area contributed by atoms with Crippen molar-refractivity contribution in [1.29, 1.82) is 0 Å². The van der Waals surface area contributed by atoms with Crippen molar-refractivity contribution in [2.75, 3.05) is 20.1 Å². The summed E-state index contributed by atoms with van der Waals surface area (Å²) in [5.41, 5.74) is 1.34. The second kappa shape index (κ2) is 2.87. The van der Waals surface area contributed by atoms with Crippen LogP contribution in [0.25, 0.3) is 0 Å². The van der Waals surface area contributed by atoms with Crippen LogP contribution >= 0.6 is 0 Å². The smallest absolute Gasteiger partial charge is 0.0348 e. The Labute approximate surface area is 56.3 Å². The molecule has 0 spiro atoms. The van der Waals surface area contributed by atoms with E-state index in [-0.39, 0.29) is 0 Å². The third kappa shape index (κ3) is 1.72. The predicted molar refractivity (Wildman–Crippen MR) is 39.2 cm³/mol. The lowest BCUT2D eigenvalue weighted by Gasteiger charge is -2.00. The van der Waals surface area contributed by atoms with E-state index in [0.717, 1.165) is 13.1 Å². The van der Waals surface area contributed by atoms with Gasteiger partial charge in [-0.2, -0.15) is 0 Å². The van der Waals surface area contributed by atoms with Crippen LogP contribution in [-0.2, 0) is 0 Å². The quantitative estimate of drug-likeness (QED) is 0.557. The highest BCUT2D eigenvalue weighted by Crippen LogP contribution is 2.06. The highest BCUT2D eigenvalue weighted by Gasteiger charge is 2.07. The molecule has 0 amide bonds. The minimum atomic E-state index is 0.716. The maximum absolute atomic E-state index is 3.31. The Morgan fingerprint density at radius 2 is 2.67 bits per heavy atom. The molecular weight excluding hydrogens is 112 g/mol. The van der Waals surface area contributed by atoms with E-state index in [0.29, 0.717) is 5.92 Å². The average Bonchev–Trinajstić information content (AvgIpc) is 2.17. The maximum Gasteiger partial charge on any atom is 0.0348 e. The summed E-state index contributed by atoms with van der Waals surface area (Å²) in [6, 6.07) is 0. The Kier molecular flexibility index (Phi) is 2.11. The van der Waals surface area contributed by atoms with Gasteiger partial charge in [0.1, 0.15) is 0 Å². The molecule has 0 aromatic carbocycles. The molecular formula is C7H14N2. The molecule has 0 saturated heterocycles. The number of rotatable bonds is 2. The second-order valence-electron chi connectivity index (χ2n) is 2.58. The van der Waals surface area contributed by atoms with Gasteiger partial charge in [0.05, 0.1) is 0 Å². The number of nitrogens with one attached hydrogen (secondary N) is 2. The fourth-order valence-corrected chi connectivity index (χ4v) is 1.07. The molecule has 0 aromatic rings. The zero-order chi connectivity index (χ0) is 6.69. The molecule has 0 aromatic heterocycles. The summed E-state index contributed by atoms with van der Waals surface area (Å²) >= 11 is 0. The van der Waals surface area contributed by atoms with Gasteiger partial charge in [0.25, 0.3) is 0 Å². The molecule has 1 heterocycles. The molecule has 0 bridgehead atoms. The summed E-state index contributed by atoms with van der Waals surface area (Å²) in [7, 11) is 1.96. The van der Waals surface area contributed by atoms with Crippen molar-refractivity contribution >= 4 is 0 Å². The molecule has 0 radical (unpaired) electrons. The van der Waals surface area contributed by atoms with Gasteiger partial charge in [-0.05, 0) is 13.0 Å². The van der Waals surface area contributed by atoms with Crippen molar-refractivity contribution in [3.63, 3.8) is 0 Å². The topological polar surface area (TPSA) is 24.1 Å². The summed E-state index contributed by atoms with van der Waals surface area (Å²) in [4.78, 5) is 0. The first-order chi connectivity index (χ1) is 4.33. The molecule has 0 aliphatic carbocycles. The largest absolute Gasteiger partial charge is 0.387 e. The molecule has 2 heteroatoms. The van der Waals surface area contributed by atoms with Crippen molar-refractivity contribution in [1.82, 2.24) is 10.6 Å². The van der Waals surface area contributed by atoms with E-state index in [1.807, 2.05) is 7.05 Å². The van der Waals surface area contributed by atoms with Crippen LogP contribution in [0.15, 0.2) is 11.8 Å². The Morgan fingerprint density at radius 3 is 3.11 bits per heavy atom. The monoisotopic (exact) mass is 126 g/mol. The Bertz CT molecular complexity index is 118. The van der Waals surface area contributed by atoms with Gasteiger partial charge >= 0.3 is 0 Å². The van der Waals surface area contributed by atoms with E-state index >= 15 is 0 Å². The standard InChI is InChI=1S/C7H14N2/c1-6-3-7(5-8-2)9-4-6/h3,6,8-9H,4-5H2,1-2H3. The van der Waals surface area contributed by atoms with E-state index in [1.165, 1.54) is 5.70 Å². The van der Waals surface area contributed by atoms with Crippen LogP contribution < -0.4 is 10.6 Å². The number of hydrogen-bond acceptors (Lipinski definition) is 2. The van der Waals surface area contributed by atoms with Gasteiger partial charge in [0.2, 0.25) is 0 Å². The van der Waals surface area contributed by atoms with E-state index in [9.17, 15) is 0 Å². The molecule has 2 nitrogen and oxygen atoms in total. The molecule has 1 aliphatic heterocycles. The van der Waals surface area contributed by atoms with Crippen molar-refractivity contribution in [2.24, 2.45) is 5.92 Å². The first kappa shape index (κ1) is 6.62. The van der Waals surface area contributed by atoms with Gasteiger partial charge in [0.15, 0.2) is 0 Å². The van der Waals surface area contributed by atoms with E-state index in [1.54, 1.807) is 0 Å². The van der Waals surface area contributed by atoms with Crippen molar-refractivity contribution in [3.05, 3.63) is 11.8 Å². The van der Waals surface area contributed by atoms with Crippen LogP contribution in [0.3, 0.4) is 0 Å².